The largest absolute Gasteiger partial charge is 0.468 e. The maximum Gasteiger partial charge on any atom is 0.318 e. The highest BCUT2D eigenvalue weighted by Gasteiger charge is 2.22. The first-order valence-corrected chi connectivity index (χ1v) is 10.1. The van der Waals surface area contributed by atoms with Crippen LogP contribution in [0.2, 0.25) is 0 Å². The van der Waals surface area contributed by atoms with Gasteiger partial charge in [-0.1, -0.05) is 75.0 Å². The summed E-state index contributed by atoms with van der Waals surface area (Å²) in [5, 5.41) is 9.07. The predicted octanol–water partition coefficient (Wildman–Crippen LogP) is 4.89. The number of rotatable bonds is 5. The molecule has 0 radical (unpaired) electrons. The van der Waals surface area contributed by atoms with Gasteiger partial charge in [0.05, 0.1) is 7.11 Å². The normalized spacial score (nSPS) is 12.6. The first-order chi connectivity index (χ1) is 13.3. The lowest BCUT2D eigenvalue weighted by molar-refractivity contribution is -0.139. The molecule has 6 heteroatoms. The van der Waals surface area contributed by atoms with Gasteiger partial charge >= 0.3 is 5.97 Å². The van der Waals surface area contributed by atoms with Crippen molar-refractivity contribution in [3.05, 3.63) is 60.2 Å². The minimum Gasteiger partial charge on any atom is -0.468 e. The Morgan fingerprint density at radius 3 is 2.25 bits per heavy atom. The molecule has 28 heavy (non-hydrogen) atoms. The summed E-state index contributed by atoms with van der Waals surface area (Å²) in [5.41, 5.74) is 3.27. The van der Waals surface area contributed by atoms with Crippen LogP contribution in [0.25, 0.3) is 17.1 Å². The van der Waals surface area contributed by atoms with Gasteiger partial charge in [-0.15, -0.1) is 10.2 Å². The van der Waals surface area contributed by atoms with Crippen LogP contribution in [0, 0.1) is 0 Å². The maximum absolute atomic E-state index is 11.9. The first kappa shape index (κ1) is 20.1. The summed E-state index contributed by atoms with van der Waals surface area (Å²) in [6.07, 6.45) is 0. The molecular weight excluding hydrogens is 370 g/mol. The molecule has 1 aromatic heterocycles. The van der Waals surface area contributed by atoms with E-state index in [1.54, 1.807) is 6.92 Å². The zero-order chi connectivity index (χ0) is 20.3. The molecule has 0 bridgehead atoms. The molecule has 0 aliphatic rings. The quantitative estimate of drug-likeness (QED) is 0.455. The van der Waals surface area contributed by atoms with Gasteiger partial charge in [0.25, 0.3) is 0 Å². The van der Waals surface area contributed by atoms with Crippen molar-refractivity contribution in [3.8, 4) is 17.1 Å². The van der Waals surface area contributed by atoms with Crippen molar-refractivity contribution < 1.29 is 9.53 Å². The predicted molar refractivity (Wildman–Crippen MR) is 113 cm³/mol. The van der Waals surface area contributed by atoms with Gasteiger partial charge in [-0.05, 0) is 30.0 Å². The number of esters is 1. The molecule has 1 heterocycles. The van der Waals surface area contributed by atoms with E-state index in [1.807, 2.05) is 34.9 Å². The zero-order valence-corrected chi connectivity index (χ0v) is 17.7. The lowest BCUT2D eigenvalue weighted by atomic mass is 9.87. The third-order valence-electron chi connectivity index (χ3n) is 4.47. The van der Waals surface area contributed by atoms with E-state index in [0.717, 1.165) is 17.1 Å². The highest BCUT2D eigenvalue weighted by Crippen LogP contribution is 2.31. The second kappa shape index (κ2) is 8.19. The van der Waals surface area contributed by atoms with Crippen LogP contribution < -0.4 is 0 Å². The fourth-order valence-corrected chi connectivity index (χ4v) is 3.73. The van der Waals surface area contributed by atoms with Crippen molar-refractivity contribution in [2.24, 2.45) is 0 Å². The SMILES string of the molecule is COC(=O)[C@H](C)Sc1nnc(-c2ccc(C(C)(C)C)cc2)n1-c1ccccc1. The van der Waals surface area contributed by atoms with Crippen molar-refractivity contribution in [3.63, 3.8) is 0 Å². The Bertz CT molecular complexity index is 944. The Morgan fingerprint density at radius 1 is 1.04 bits per heavy atom. The Hall–Kier alpha value is -2.60. The van der Waals surface area contributed by atoms with Gasteiger partial charge in [-0.25, -0.2) is 0 Å². The molecule has 1 atom stereocenters. The summed E-state index contributed by atoms with van der Waals surface area (Å²) in [4.78, 5) is 11.9. The van der Waals surface area contributed by atoms with Gasteiger partial charge in [-0.2, -0.15) is 0 Å². The molecule has 3 aromatic rings. The summed E-state index contributed by atoms with van der Waals surface area (Å²) >= 11 is 1.34. The Morgan fingerprint density at radius 2 is 1.68 bits per heavy atom. The highest BCUT2D eigenvalue weighted by molar-refractivity contribution is 8.00. The van der Waals surface area contributed by atoms with Crippen molar-refractivity contribution in [1.29, 1.82) is 0 Å². The molecule has 0 fully saturated rings. The molecule has 0 N–H and O–H groups in total. The van der Waals surface area contributed by atoms with Crippen LogP contribution >= 0.6 is 11.8 Å². The van der Waals surface area contributed by atoms with E-state index < -0.39 is 0 Å². The molecule has 5 nitrogen and oxygen atoms in total. The molecule has 0 amide bonds. The van der Waals surface area contributed by atoms with Gasteiger partial charge in [0, 0.05) is 11.3 Å². The average Bonchev–Trinajstić information content (AvgIpc) is 3.10. The third-order valence-corrected chi connectivity index (χ3v) is 5.49. The molecule has 146 valence electrons. The summed E-state index contributed by atoms with van der Waals surface area (Å²) in [7, 11) is 1.39. The van der Waals surface area contributed by atoms with E-state index in [4.69, 9.17) is 4.74 Å². The minimum absolute atomic E-state index is 0.0859. The van der Waals surface area contributed by atoms with Crippen molar-refractivity contribution in [1.82, 2.24) is 14.8 Å². The Labute approximate surface area is 170 Å². The topological polar surface area (TPSA) is 57.0 Å². The van der Waals surface area contributed by atoms with Crippen LogP contribution in [-0.4, -0.2) is 33.1 Å². The monoisotopic (exact) mass is 395 g/mol. The fourth-order valence-electron chi connectivity index (χ4n) is 2.83. The van der Waals surface area contributed by atoms with Gasteiger partial charge in [-0.3, -0.25) is 9.36 Å². The van der Waals surface area contributed by atoms with E-state index in [1.165, 1.54) is 24.4 Å². The summed E-state index contributed by atoms with van der Waals surface area (Å²) in [6, 6.07) is 18.3. The van der Waals surface area contributed by atoms with Crippen LogP contribution in [0.15, 0.2) is 59.8 Å². The van der Waals surface area contributed by atoms with Gasteiger partial charge in [0.1, 0.15) is 5.25 Å². The maximum atomic E-state index is 11.9. The Balaban J connectivity index is 2.05. The molecule has 0 saturated heterocycles. The number of thioether (sulfide) groups is 1. The zero-order valence-electron chi connectivity index (χ0n) is 16.8. The number of aromatic nitrogens is 3. The van der Waals surface area contributed by atoms with Crippen molar-refractivity contribution >= 4 is 17.7 Å². The number of ether oxygens (including phenoxy) is 1. The number of methoxy groups -OCH3 is 1. The third kappa shape index (κ3) is 4.28. The summed E-state index contributed by atoms with van der Waals surface area (Å²) in [5.74, 6) is 0.454. The van der Waals surface area contributed by atoms with E-state index in [9.17, 15) is 4.79 Å². The smallest absolute Gasteiger partial charge is 0.318 e. The fraction of sp³-hybridized carbons (Fsp3) is 0.318. The molecule has 0 unspecified atom stereocenters. The first-order valence-electron chi connectivity index (χ1n) is 9.17. The molecule has 0 spiro atoms. The minimum atomic E-state index is -0.382. The van der Waals surface area contributed by atoms with E-state index >= 15 is 0 Å². The lowest BCUT2D eigenvalue weighted by Gasteiger charge is -2.19. The molecule has 0 aliphatic heterocycles. The standard InChI is InChI=1S/C22H25N3O2S/c1-15(20(26)27-5)28-21-24-23-19(25(21)18-9-7-6-8-10-18)16-11-13-17(14-12-16)22(2,3)4/h6-15H,1-5H3/t15-/m0/s1. The molecular formula is C22H25N3O2S. The van der Waals surface area contributed by atoms with Crippen molar-refractivity contribution in [2.45, 2.75) is 43.5 Å². The molecule has 2 aromatic carbocycles. The second-order valence-electron chi connectivity index (χ2n) is 7.59. The van der Waals surface area contributed by atoms with Gasteiger partial charge in [0.15, 0.2) is 11.0 Å². The summed E-state index contributed by atoms with van der Waals surface area (Å²) < 4.78 is 6.83. The number of para-hydroxylation sites is 1. The van der Waals surface area contributed by atoms with Crippen LogP contribution in [0.4, 0.5) is 0 Å². The summed E-state index contributed by atoms with van der Waals surface area (Å²) in [6.45, 7) is 8.38. The Kier molecular flexibility index (Phi) is 5.89. The van der Waals surface area contributed by atoms with E-state index in [2.05, 4.69) is 55.2 Å². The molecule has 0 aliphatic carbocycles. The van der Waals surface area contributed by atoms with Crippen LogP contribution in [0.1, 0.15) is 33.3 Å². The van der Waals surface area contributed by atoms with E-state index in [-0.39, 0.29) is 16.6 Å². The second-order valence-corrected chi connectivity index (χ2v) is 8.90. The number of nitrogens with zero attached hydrogens (tertiary/aromatic N) is 3. The number of carbonyl (C=O) groups excluding carboxylic acids is 1. The number of hydrogen-bond donors (Lipinski definition) is 0. The van der Waals surface area contributed by atoms with Crippen LogP contribution in [0.3, 0.4) is 0 Å². The van der Waals surface area contributed by atoms with Crippen molar-refractivity contribution in [2.75, 3.05) is 7.11 Å². The molecule has 0 saturated carbocycles. The van der Waals surface area contributed by atoms with Crippen LogP contribution in [0.5, 0.6) is 0 Å². The number of hydrogen-bond acceptors (Lipinski definition) is 5. The van der Waals surface area contributed by atoms with E-state index in [0.29, 0.717) is 5.16 Å². The highest BCUT2D eigenvalue weighted by atomic mass is 32.2. The van der Waals surface area contributed by atoms with Gasteiger partial charge < -0.3 is 4.74 Å². The van der Waals surface area contributed by atoms with Crippen LogP contribution in [-0.2, 0) is 14.9 Å². The molecule has 3 rings (SSSR count). The van der Waals surface area contributed by atoms with Gasteiger partial charge in [0.2, 0.25) is 0 Å². The number of carbonyl (C=O) groups is 1. The lowest BCUT2D eigenvalue weighted by Crippen LogP contribution is -2.15. The number of benzene rings is 2. The average molecular weight is 396 g/mol.